The van der Waals surface area contributed by atoms with Crippen LogP contribution in [-0.2, 0) is 14.3 Å². The number of aromatic nitrogens is 1. The van der Waals surface area contributed by atoms with Crippen LogP contribution in [0.5, 0.6) is 0 Å². The standard InChI is InChI=1S/C7H10BNO2.C6H6BFO2.C4H3F3O3/c1-5-3-7(8(10)11)4-6(2)9-5;8-6-3-1-5(2-4-6)7(9)10;1-2(8)10-3(9)4(5,6)7/h3-4,10-11H,1-2H3;1-4,9-10H;1H3. The van der Waals surface area contributed by atoms with Gasteiger partial charge in [0.15, 0.2) is 0 Å². The lowest BCUT2D eigenvalue weighted by Gasteiger charge is -2.01. The Morgan fingerprint density at radius 2 is 1.32 bits per heavy atom. The predicted molar refractivity (Wildman–Crippen MR) is 103 cm³/mol. The zero-order valence-electron chi connectivity index (χ0n) is 16.6. The van der Waals surface area contributed by atoms with Crippen molar-refractivity contribution in [3.8, 4) is 0 Å². The number of nitrogens with zero attached hydrogens (tertiary/aromatic N) is 1. The van der Waals surface area contributed by atoms with E-state index in [2.05, 4.69) is 9.72 Å². The van der Waals surface area contributed by atoms with Crippen LogP contribution in [0.4, 0.5) is 17.6 Å². The van der Waals surface area contributed by atoms with E-state index in [4.69, 9.17) is 20.1 Å². The van der Waals surface area contributed by atoms with Gasteiger partial charge in [0.1, 0.15) is 5.82 Å². The van der Waals surface area contributed by atoms with E-state index in [9.17, 15) is 27.2 Å². The van der Waals surface area contributed by atoms with Crippen molar-refractivity contribution in [1.29, 1.82) is 0 Å². The summed E-state index contributed by atoms with van der Waals surface area (Å²) in [6.45, 7) is 4.35. The summed E-state index contributed by atoms with van der Waals surface area (Å²) in [5.74, 6) is -4.15. The molecule has 0 aliphatic rings. The number of benzene rings is 1. The largest absolute Gasteiger partial charge is 0.491 e. The Bertz CT molecular complexity index is 842. The van der Waals surface area contributed by atoms with Crippen LogP contribution < -0.4 is 10.9 Å². The Morgan fingerprint density at radius 1 is 0.903 bits per heavy atom. The van der Waals surface area contributed by atoms with E-state index >= 15 is 0 Å². The second-order valence-corrected chi connectivity index (χ2v) is 5.86. The van der Waals surface area contributed by atoms with Gasteiger partial charge in [0.25, 0.3) is 0 Å². The third-order valence-corrected chi connectivity index (χ3v) is 3.04. The molecule has 0 bridgehead atoms. The second-order valence-electron chi connectivity index (χ2n) is 5.86. The summed E-state index contributed by atoms with van der Waals surface area (Å²) in [5.41, 5.74) is 2.39. The zero-order chi connectivity index (χ0) is 24.4. The fraction of sp³-hybridized carbons (Fsp3) is 0.235. The number of hydrogen-bond acceptors (Lipinski definition) is 8. The molecular weight excluding hydrogens is 428 g/mol. The van der Waals surface area contributed by atoms with E-state index in [-0.39, 0.29) is 5.82 Å². The van der Waals surface area contributed by atoms with Crippen molar-refractivity contribution in [2.24, 2.45) is 0 Å². The molecule has 1 heterocycles. The minimum atomic E-state index is -5.09. The van der Waals surface area contributed by atoms with Gasteiger partial charge in [-0.25, -0.2) is 9.18 Å². The van der Waals surface area contributed by atoms with E-state index in [1.54, 1.807) is 12.1 Å². The molecule has 4 N–H and O–H groups in total. The van der Waals surface area contributed by atoms with Crippen LogP contribution >= 0.6 is 0 Å². The van der Waals surface area contributed by atoms with Gasteiger partial charge in [-0.3, -0.25) is 9.78 Å². The summed E-state index contributed by atoms with van der Waals surface area (Å²) in [5, 5.41) is 34.7. The predicted octanol–water partition coefficient (Wildman–Crippen LogP) is -0.478. The van der Waals surface area contributed by atoms with Gasteiger partial charge in [-0.15, -0.1) is 0 Å². The van der Waals surface area contributed by atoms with Crippen LogP contribution in [-0.4, -0.2) is 57.4 Å². The molecule has 168 valence electrons. The molecule has 0 saturated heterocycles. The number of ether oxygens (including phenoxy) is 1. The number of aryl methyl sites for hydroxylation is 2. The molecule has 1 aromatic carbocycles. The SMILES string of the molecule is CC(=O)OC(=O)C(F)(F)F.Cc1cc(B(O)O)cc(C)n1.OB(O)c1ccc(F)cc1. The van der Waals surface area contributed by atoms with Crippen LogP contribution in [0.15, 0.2) is 36.4 Å². The first-order valence-corrected chi connectivity index (χ1v) is 8.36. The maximum absolute atomic E-state index is 12.2. The van der Waals surface area contributed by atoms with Crippen molar-refractivity contribution in [2.45, 2.75) is 26.9 Å². The molecule has 1 aromatic heterocycles. The minimum Gasteiger partial charge on any atom is -0.423 e. The lowest BCUT2D eigenvalue weighted by Crippen LogP contribution is -2.30. The van der Waals surface area contributed by atoms with E-state index in [0.29, 0.717) is 17.8 Å². The topological polar surface area (TPSA) is 137 Å². The van der Waals surface area contributed by atoms with Gasteiger partial charge in [-0.1, -0.05) is 12.1 Å². The number of esters is 2. The molecule has 2 aromatic rings. The van der Waals surface area contributed by atoms with Crippen LogP contribution in [0.3, 0.4) is 0 Å². The van der Waals surface area contributed by atoms with E-state index in [1.165, 1.54) is 24.3 Å². The molecule has 0 spiro atoms. The number of carbonyl (C=O) groups is 2. The highest BCUT2D eigenvalue weighted by Gasteiger charge is 2.41. The van der Waals surface area contributed by atoms with Crippen LogP contribution in [0.2, 0.25) is 0 Å². The van der Waals surface area contributed by atoms with E-state index in [0.717, 1.165) is 11.4 Å². The lowest BCUT2D eigenvalue weighted by atomic mass is 9.80. The van der Waals surface area contributed by atoms with Gasteiger partial charge in [0.2, 0.25) is 0 Å². The second kappa shape index (κ2) is 12.8. The molecule has 0 atom stereocenters. The van der Waals surface area contributed by atoms with Crippen molar-refractivity contribution in [3.05, 3.63) is 53.6 Å². The van der Waals surface area contributed by atoms with Crippen LogP contribution in [0.25, 0.3) is 0 Å². The molecule has 0 amide bonds. The van der Waals surface area contributed by atoms with Crippen molar-refractivity contribution in [1.82, 2.24) is 4.98 Å². The summed E-state index contributed by atoms with van der Waals surface area (Å²) in [4.78, 5) is 23.6. The summed E-state index contributed by atoms with van der Waals surface area (Å²) >= 11 is 0. The molecule has 0 radical (unpaired) electrons. The quantitative estimate of drug-likeness (QED) is 0.210. The number of halogens is 4. The monoisotopic (exact) mass is 447 g/mol. The van der Waals surface area contributed by atoms with E-state index in [1.807, 2.05) is 13.8 Å². The smallest absolute Gasteiger partial charge is 0.423 e. The molecule has 0 aliphatic carbocycles. The first kappa shape index (κ1) is 28.2. The van der Waals surface area contributed by atoms with Crippen molar-refractivity contribution >= 4 is 37.1 Å². The number of carbonyl (C=O) groups excluding carboxylic acids is 2. The Hall–Kier alpha value is -2.80. The van der Waals surface area contributed by atoms with Gasteiger partial charge in [0, 0.05) is 18.3 Å². The van der Waals surface area contributed by atoms with E-state index < -0.39 is 32.4 Å². The molecule has 8 nitrogen and oxygen atoms in total. The first-order chi connectivity index (χ1) is 14.1. The zero-order valence-corrected chi connectivity index (χ0v) is 16.6. The highest BCUT2D eigenvalue weighted by Crippen LogP contribution is 2.16. The maximum atomic E-state index is 12.2. The highest BCUT2D eigenvalue weighted by atomic mass is 19.4. The average Bonchev–Trinajstić information content (AvgIpc) is 2.61. The molecular formula is C17H19B2F4NO7. The Morgan fingerprint density at radius 3 is 1.61 bits per heavy atom. The molecule has 0 aliphatic heterocycles. The number of hydrogen-bond donors (Lipinski definition) is 4. The van der Waals surface area contributed by atoms with Crippen molar-refractivity contribution in [2.75, 3.05) is 0 Å². The first-order valence-electron chi connectivity index (χ1n) is 8.36. The van der Waals surface area contributed by atoms with Crippen LogP contribution in [0, 0.1) is 19.7 Å². The number of pyridine rings is 1. The highest BCUT2D eigenvalue weighted by molar-refractivity contribution is 6.58. The number of rotatable bonds is 2. The van der Waals surface area contributed by atoms with Crippen molar-refractivity contribution < 1.29 is 52.0 Å². The summed E-state index contributed by atoms with van der Waals surface area (Å²) in [7, 11) is -2.91. The molecule has 0 unspecified atom stereocenters. The Balaban J connectivity index is 0.000000436. The van der Waals surface area contributed by atoms with Gasteiger partial charge in [0.05, 0.1) is 0 Å². The van der Waals surface area contributed by atoms with Gasteiger partial charge in [-0.05, 0) is 49.0 Å². The summed E-state index contributed by atoms with van der Waals surface area (Å²) in [6, 6.07) is 8.29. The third-order valence-electron chi connectivity index (χ3n) is 3.04. The summed E-state index contributed by atoms with van der Waals surface area (Å²) in [6.07, 6.45) is -5.09. The number of alkyl halides is 3. The van der Waals surface area contributed by atoms with Gasteiger partial charge < -0.3 is 24.8 Å². The fourth-order valence-electron chi connectivity index (χ4n) is 1.84. The molecule has 0 fully saturated rings. The third kappa shape index (κ3) is 12.5. The van der Waals surface area contributed by atoms with Crippen molar-refractivity contribution in [3.63, 3.8) is 0 Å². The lowest BCUT2D eigenvalue weighted by molar-refractivity contribution is -0.201. The Kier molecular flexibility index (Phi) is 11.6. The fourth-order valence-corrected chi connectivity index (χ4v) is 1.84. The van der Waals surface area contributed by atoms with Crippen LogP contribution in [0.1, 0.15) is 18.3 Å². The minimum absolute atomic E-state index is 0.293. The molecule has 14 heteroatoms. The van der Waals surface area contributed by atoms with Gasteiger partial charge in [-0.2, -0.15) is 13.2 Å². The average molecular weight is 447 g/mol. The van der Waals surface area contributed by atoms with Gasteiger partial charge >= 0.3 is 32.4 Å². The Labute approximate surface area is 175 Å². The molecule has 2 rings (SSSR count). The molecule has 31 heavy (non-hydrogen) atoms. The summed E-state index contributed by atoms with van der Waals surface area (Å²) < 4.78 is 48.9. The molecule has 0 saturated carbocycles. The maximum Gasteiger partial charge on any atom is 0.491 e. The normalized spacial score (nSPS) is 10.0.